The zero-order valence-corrected chi connectivity index (χ0v) is 22.2. The first-order valence-corrected chi connectivity index (χ1v) is 12.8. The van der Waals surface area contributed by atoms with Crippen molar-refractivity contribution in [3.05, 3.63) is 65.7 Å². The van der Waals surface area contributed by atoms with Crippen LogP contribution in [-0.4, -0.2) is 66.1 Å². The number of methoxy groups -OCH3 is 1. The molecule has 8 heteroatoms. The molecule has 0 bridgehead atoms. The minimum absolute atomic E-state index is 0.102. The molecule has 0 aromatic heterocycles. The normalized spacial score (nSPS) is 19.1. The number of likely N-dealkylation sites (tertiary alicyclic amines) is 1. The van der Waals surface area contributed by atoms with Crippen molar-refractivity contribution in [3.8, 4) is 5.75 Å². The van der Waals surface area contributed by atoms with E-state index in [-0.39, 0.29) is 29.7 Å². The van der Waals surface area contributed by atoms with Crippen LogP contribution in [0.4, 0.5) is 0 Å². The number of benzene rings is 2. The summed E-state index contributed by atoms with van der Waals surface area (Å²) in [5.41, 5.74) is 0.388. The van der Waals surface area contributed by atoms with Crippen LogP contribution in [-0.2, 0) is 20.9 Å². The quantitative estimate of drug-likeness (QED) is 0.646. The van der Waals surface area contributed by atoms with Crippen LogP contribution in [0.1, 0.15) is 56.0 Å². The lowest BCUT2D eigenvalue weighted by molar-refractivity contribution is -0.145. The Morgan fingerprint density at radius 1 is 1.03 bits per heavy atom. The molecule has 0 aliphatic carbocycles. The Morgan fingerprint density at radius 2 is 1.68 bits per heavy atom. The largest absolute Gasteiger partial charge is 0.497 e. The summed E-state index contributed by atoms with van der Waals surface area (Å²) < 4.78 is 11.5. The molecule has 198 valence electrons. The average Bonchev–Trinajstić information content (AvgIpc) is 3.25. The molecular formula is C29H37N3O5. The van der Waals surface area contributed by atoms with Crippen molar-refractivity contribution in [2.24, 2.45) is 5.41 Å². The molecule has 1 N–H and O–H groups in total. The number of nitrogens with one attached hydrogen (secondary N) is 1. The fourth-order valence-electron chi connectivity index (χ4n) is 5.01. The van der Waals surface area contributed by atoms with E-state index in [0.717, 1.165) is 5.56 Å². The van der Waals surface area contributed by atoms with E-state index in [0.29, 0.717) is 50.2 Å². The van der Waals surface area contributed by atoms with E-state index < -0.39 is 11.8 Å². The summed E-state index contributed by atoms with van der Waals surface area (Å²) >= 11 is 0. The molecule has 3 amide bonds. The Kier molecular flexibility index (Phi) is 7.87. The van der Waals surface area contributed by atoms with Crippen LogP contribution in [0.3, 0.4) is 0 Å². The number of nitrogens with zero attached hydrogens (tertiary/aromatic N) is 2. The van der Waals surface area contributed by atoms with Crippen molar-refractivity contribution < 1.29 is 23.9 Å². The predicted octanol–water partition coefficient (Wildman–Crippen LogP) is 3.61. The van der Waals surface area contributed by atoms with Gasteiger partial charge in [0.15, 0.2) is 0 Å². The van der Waals surface area contributed by atoms with E-state index >= 15 is 0 Å². The molecule has 1 atom stereocenters. The number of rotatable bonds is 6. The highest BCUT2D eigenvalue weighted by Gasteiger charge is 2.54. The second-order valence-electron chi connectivity index (χ2n) is 11.0. The van der Waals surface area contributed by atoms with Crippen LogP contribution in [0.25, 0.3) is 0 Å². The highest BCUT2D eigenvalue weighted by atomic mass is 16.5. The number of hydrogen-bond acceptors (Lipinski definition) is 5. The molecule has 2 saturated heterocycles. The summed E-state index contributed by atoms with van der Waals surface area (Å²) in [5, 5.41) is 2.97. The van der Waals surface area contributed by atoms with E-state index in [4.69, 9.17) is 9.47 Å². The van der Waals surface area contributed by atoms with Gasteiger partial charge >= 0.3 is 0 Å². The molecule has 2 fully saturated rings. The van der Waals surface area contributed by atoms with Crippen molar-refractivity contribution in [3.63, 3.8) is 0 Å². The van der Waals surface area contributed by atoms with Crippen molar-refractivity contribution in [1.29, 1.82) is 0 Å². The fraction of sp³-hybridized carbons (Fsp3) is 0.483. The molecule has 2 aliphatic rings. The molecule has 37 heavy (non-hydrogen) atoms. The lowest BCUT2D eigenvalue weighted by Crippen LogP contribution is -2.59. The molecule has 8 nitrogen and oxygen atoms in total. The van der Waals surface area contributed by atoms with Gasteiger partial charge in [0.05, 0.1) is 13.7 Å². The SMILES string of the molecule is COc1ccc(C(=O)N2[C@@H](C(=O)NCc3ccccc3)COC23CCN(C(=O)CC(C)(C)C)CC3)cc1. The third kappa shape index (κ3) is 6.13. The average molecular weight is 508 g/mol. The van der Waals surface area contributed by atoms with Crippen LogP contribution < -0.4 is 10.1 Å². The summed E-state index contributed by atoms with van der Waals surface area (Å²) in [5.74, 6) is 0.223. The topological polar surface area (TPSA) is 88.2 Å². The molecule has 2 aromatic rings. The zero-order valence-electron chi connectivity index (χ0n) is 22.2. The standard InChI is InChI=1S/C29H37N3O5/c1-28(2,3)18-25(33)31-16-14-29(15-17-31)32(27(35)22-10-12-23(36-4)13-11-22)24(20-37-29)26(34)30-19-21-8-6-5-7-9-21/h5-13,24H,14-20H2,1-4H3,(H,30,34)/t24-/m1/s1. The zero-order chi connectivity index (χ0) is 26.6. The molecule has 2 aliphatic heterocycles. The van der Waals surface area contributed by atoms with Gasteiger partial charge in [-0.15, -0.1) is 0 Å². The molecular weight excluding hydrogens is 470 g/mol. The molecule has 4 rings (SSSR count). The first kappa shape index (κ1) is 26.7. The van der Waals surface area contributed by atoms with Gasteiger partial charge in [0, 0.05) is 44.5 Å². The van der Waals surface area contributed by atoms with Crippen LogP contribution in [0.2, 0.25) is 0 Å². The molecule has 0 unspecified atom stereocenters. The van der Waals surface area contributed by atoms with Gasteiger partial charge < -0.3 is 19.7 Å². The van der Waals surface area contributed by atoms with Gasteiger partial charge in [-0.1, -0.05) is 51.1 Å². The fourth-order valence-corrected chi connectivity index (χ4v) is 5.01. The second kappa shape index (κ2) is 10.9. The maximum Gasteiger partial charge on any atom is 0.256 e. The molecule has 1 spiro atoms. The summed E-state index contributed by atoms with van der Waals surface area (Å²) in [6.07, 6.45) is 1.36. The van der Waals surface area contributed by atoms with Crippen LogP contribution >= 0.6 is 0 Å². The van der Waals surface area contributed by atoms with Gasteiger partial charge in [0.2, 0.25) is 11.8 Å². The number of ether oxygens (including phenoxy) is 2. The summed E-state index contributed by atoms with van der Waals surface area (Å²) in [4.78, 5) is 43.5. The third-order valence-corrected chi connectivity index (χ3v) is 7.01. The van der Waals surface area contributed by atoms with Crippen molar-refractivity contribution in [2.45, 2.75) is 58.3 Å². The minimum Gasteiger partial charge on any atom is -0.497 e. The number of hydrogen-bond donors (Lipinski definition) is 1. The lowest BCUT2D eigenvalue weighted by Gasteiger charge is -2.44. The van der Waals surface area contributed by atoms with Gasteiger partial charge in [-0.25, -0.2) is 0 Å². The monoisotopic (exact) mass is 507 g/mol. The molecule has 2 aromatic carbocycles. The first-order chi connectivity index (χ1) is 17.6. The number of carbonyl (C=O) groups excluding carboxylic acids is 3. The predicted molar refractivity (Wildman–Crippen MR) is 140 cm³/mol. The van der Waals surface area contributed by atoms with Gasteiger partial charge in [-0.05, 0) is 35.2 Å². The highest BCUT2D eigenvalue weighted by Crippen LogP contribution is 2.39. The molecule has 2 heterocycles. The Hall–Kier alpha value is -3.39. The van der Waals surface area contributed by atoms with Crippen LogP contribution in [0, 0.1) is 5.41 Å². The van der Waals surface area contributed by atoms with Gasteiger partial charge in [-0.3, -0.25) is 19.3 Å². The molecule has 0 saturated carbocycles. The third-order valence-electron chi connectivity index (χ3n) is 7.01. The van der Waals surface area contributed by atoms with Crippen LogP contribution in [0.5, 0.6) is 5.75 Å². The van der Waals surface area contributed by atoms with Crippen LogP contribution in [0.15, 0.2) is 54.6 Å². The maximum absolute atomic E-state index is 13.9. The Morgan fingerprint density at radius 3 is 2.27 bits per heavy atom. The summed E-state index contributed by atoms with van der Waals surface area (Å²) in [6.45, 7) is 7.56. The van der Waals surface area contributed by atoms with Gasteiger partial charge in [-0.2, -0.15) is 0 Å². The Bertz CT molecular complexity index is 1100. The van der Waals surface area contributed by atoms with E-state index in [1.54, 1.807) is 36.3 Å². The number of carbonyl (C=O) groups is 3. The van der Waals surface area contributed by atoms with E-state index in [9.17, 15) is 14.4 Å². The van der Waals surface area contributed by atoms with E-state index in [1.807, 2.05) is 56.0 Å². The Balaban J connectivity index is 1.54. The van der Waals surface area contributed by atoms with Gasteiger partial charge in [0.25, 0.3) is 5.91 Å². The number of piperidine rings is 1. The van der Waals surface area contributed by atoms with Gasteiger partial charge in [0.1, 0.15) is 17.5 Å². The van der Waals surface area contributed by atoms with E-state index in [1.165, 1.54) is 0 Å². The smallest absolute Gasteiger partial charge is 0.256 e. The minimum atomic E-state index is -0.940. The summed E-state index contributed by atoms with van der Waals surface area (Å²) in [7, 11) is 1.57. The Labute approximate surface area is 218 Å². The lowest BCUT2D eigenvalue weighted by atomic mass is 9.90. The first-order valence-electron chi connectivity index (χ1n) is 12.8. The second-order valence-corrected chi connectivity index (χ2v) is 11.0. The van der Waals surface area contributed by atoms with Crippen molar-refractivity contribution in [2.75, 3.05) is 26.8 Å². The van der Waals surface area contributed by atoms with Crippen molar-refractivity contribution >= 4 is 17.7 Å². The summed E-state index contributed by atoms with van der Waals surface area (Å²) in [6, 6.07) is 15.7. The maximum atomic E-state index is 13.9. The highest BCUT2D eigenvalue weighted by molar-refractivity contribution is 5.98. The number of amides is 3. The molecule has 0 radical (unpaired) electrons. The van der Waals surface area contributed by atoms with E-state index in [2.05, 4.69) is 5.32 Å². The van der Waals surface area contributed by atoms with Crippen molar-refractivity contribution in [1.82, 2.24) is 15.1 Å².